The van der Waals surface area contributed by atoms with Gasteiger partial charge in [0.1, 0.15) is 5.75 Å². The van der Waals surface area contributed by atoms with E-state index in [1.54, 1.807) is 7.11 Å². The average Bonchev–Trinajstić information content (AvgIpc) is 2.53. The standard InChI is InChI=1S/C17H29NO3/c1-4-6-10-20-11-12-21-17(14-18-5-2)15-8-7-9-16(13-15)19-3/h7-9,13,17-18H,4-6,10-12,14H2,1-3H3. The number of rotatable bonds is 12. The smallest absolute Gasteiger partial charge is 0.119 e. The van der Waals surface area contributed by atoms with Gasteiger partial charge in [0.05, 0.1) is 26.4 Å². The number of ether oxygens (including phenoxy) is 3. The zero-order valence-corrected chi connectivity index (χ0v) is 13.6. The number of nitrogens with one attached hydrogen (secondary N) is 1. The lowest BCUT2D eigenvalue weighted by atomic mass is 10.1. The molecule has 0 radical (unpaired) electrons. The number of benzene rings is 1. The lowest BCUT2D eigenvalue weighted by molar-refractivity contribution is 0.00372. The molecule has 1 aromatic rings. The first-order chi connectivity index (χ1) is 10.3. The van der Waals surface area contributed by atoms with Crippen molar-refractivity contribution in [2.75, 3.05) is 40.0 Å². The molecule has 1 rings (SSSR count). The Kier molecular flexibility index (Phi) is 9.87. The van der Waals surface area contributed by atoms with Crippen molar-refractivity contribution in [3.63, 3.8) is 0 Å². The molecule has 0 saturated carbocycles. The molecule has 0 spiro atoms. The number of hydrogen-bond donors (Lipinski definition) is 1. The number of methoxy groups -OCH3 is 1. The molecule has 0 bridgehead atoms. The molecule has 0 aliphatic heterocycles. The molecule has 0 heterocycles. The second kappa shape index (κ2) is 11.5. The lowest BCUT2D eigenvalue weighted by Gasteiger charge is -2.19. The van der Waals surface area contributed by atoms with E-state index >= 15 is 0 Å². The predicted molar refractivity (Wildman–Crippen MR) is 86.0 cm³/mol. The monoisotopic (exact) mass is 295 g/mol. The summed E-state index contributed by atoms with van der Waals surface area (Å²) in [7, 11) is 1.68. The van der Waals surface area contributed by atoms with Crippen LogP contribution in [-0.4, -0.2) is 40.0 Å². The quantitative estimate of drug-likeness (QED) is 0.601. The molecule has 1 N–H and O–H groups in total. The Morgan fingerprint density at radius 2 is 2.00 bits per heavy atom. The highest BCUT2D eigenvalue weighted by Crippen LogP contribution is 2.21. The maximum absolute atomic E-state index is 5.97. The zero-order valence-electron chi connectivity index (χ0n) is 13.6. The van der Waals surface area contributed by atoms with E-state index in [2.05, 4.69) is 25.2 Å². The van der Waals surface area contributed by atoms with Crippen molar-refractivity contribution >= 4 is 0 Å². The van der Waals surface area contributed by atoms with Gasteiger partial charge in [0.25, 0.3) is 0 Å². The highest BCUT2D eigenvalue weighted by atomic mass is 16.5. The topological polar surface area (TPSA) is 39.7 Å². The fourth-order valence-electron chi connectivity index (χ4n) is 1.99. The minimum absolute atomic E-state index is 0.0230. The number of hydrogen-bond acceptors (Lipinski definition) is 4. The molecule has 1 atom stereocenters. The molecule has 0 amide bonds. The molecular weight excluding hydrogens is 266 g/mol. The number of likely N-dealkylation sites (N-methyl/N-ethyl adjacent to an activating group) is 1. The summed E-state index contributed by atoms with van der Waals surface area (Å²) < 4.78 is 16.8. The van der Waals surface area contributed by atoms with Crippen molar-refractivity contribution < 1.29 is 14.2 Å². The van der Waals surface area contributed by atoms with Crippen LogP contribution in [-0.2, 0) is 9.47 Å². The second-order valence-corrected chi connectivity index (χ2v) is 4.91. The van der Waals surface area contributed by atoms with Gasteiger partial charge in [0.2, 0.25) is 0 Å². The van der Waals surface area contributed by atoms with Crippen LogP contribution in [0.2, 0.25) is 0 Å². The molecule has 1 unspecified atom stereocenters. The molecular formula is C17H29NO3. The normalized spacial score (nSPS) is 12.3. The summed E-state index contributed by atoms with van der Waals surface area (Å²) in [5.41, 5.74) is 1.13. The maximum atomic E-state index is 5.97. The SMILES string of the molecule is CCCCOCCOC(CNCC)c1cccc(OC)c1. The third kappa shape index (κ3) is 7.46. The van der Waals surface area contributed by atoms with E-state index in [0.29, 0.717) is 13.2 Å². The van der Waals surface area contributed by atoms with E-state index in [1.807, 2.05) is 18.2 Å². The second-order valence-electron chi connectivity index (χ2n) is 4.91. The Bertz CT molecular complexity index is 371. The number of unbranched alkanes of at least 4 members (excludes halogenated alkanes) is 1. The lowest BCUT2D eigenvalue weighted by Crippen LogP contribution is -2.24. The first-order valence-electron chi connectivity index (χ1n) is 7.85. The van der Waals surface area contributed by atoms with Crippen LogP contribution in [0.3, 0.4) is 0 Å². The van der Waals surface area contributed by atoms with Crippen molar-refractivity contribution in [2.45, 2.75) is 32.8 Å². The third-order valence-electron chi connectivity index (χ3n) is 3.23. The van der Waals surface area contributed by atoms with E-state index in [1.165, 1.54) is 0 Å². The maximum Gasteiger partial charge on any atom is 0.119 e. The van der Waals surface area contributed by atoms with Crippen LogP contribution in [0.4, 0.5) is 0 Å². The van der Waals surface area contributed by atoms with Crippen LogP contribution in [0.5, 0.6) is 5.75 Å². The first-order valence-corrected chi connectivity index (χ1v) is 7.85. The fraction of sp³-hybridized carbons (Fsp3) is 0.647. The zero-order chi connectivity index (χ0) is 15.3. The van der Waals surface area contributed by atoms with Gasteiger partial charge in [-0.1, -0.05) is 32.4 Å². The molecule has 0 aliphatic rings. The summed E-state index contributed by atoms with van der Waals surface area (Å²) in [6, 6.07) is 8.04. The van der Waals surface area contributed by atoms with Gasteiger partial charge in [-0.25, -0.2) is 0 Å². The van der Waals surface area contributed by atoms with Gasteiger partial charge in [-0.05, 0) is 30.7 Å². The Labute approximate surface area is 128 Å². The largest absolute Gasteiger partial charge is 0.497 e. The summed E-state index contributed by atoms with van der Waals surface area (Å²) >= 11 is 0. The summed E-state index contributed by atoms with van der Waals surface area (Å²) in [4.78, 5) is 0. The van der Waals surface area contributed by atoms with Crippen LogP contribution in [0, 0.1) is 0 Å². The molecule has 4 heteroatoms. The highest BCUT2D eigenvalue weighted by Gasteiger charge is 2.12. The van der Waals surface area contributed by atoms with Gasteiger partial charge in [-0.2, -0.15) is 0 Å². The summed E-state index contributed by atoms with van der Waals surface area (Å²) in [5.74, 6) is 0.858. The molecule has 4 nitrogen and oxygen atoms in total. The van der Waals surface area contributed by atoms with E-state index < -0.39 is 0 Å². The highest BCUT2D eigenvalue weighted by molar-refractivity contribution is 5.30. The van der Waals surface area contributed by atoms with Gasteiger partial charge in [0, 0.05) is 13.2 Å². The summed E-state index contributed by atoms with van der Waals surface area (Å²) in [5, 5.41) is 3.34. The summed E-state index contributed by atoms with van der Waals surface area (Å²) in [6.45, 7) is 8.04. The Hall–Kier alpha value is -1.10. The molecule has 0 aliphatic carbocycles. The predicted octanol–water partition coefficient (Wildman–Crippen LogP) is 3.18. The van der Waals surface area contributed by atoms with Crippen molar-refractivity contribution in [2.24, 2.45) is 0 Å². The Balaban J connectivity index is 2.46. The van der Waals surface area contributed by atoms with Gasteiger partial charge in [-0.3, -0.25) is 0 Å². The molecule has 0 fully saturated rings. The molecule has 0 aromatic heterocycles. The van der Waals surface area contributed by atoms with Crippen molar-refractivity contribution in [3.05, 3.63) is 29.8 Å². The van der Waals surface area contributed by atoms with Crippen LogP contribution >= 0.6 is 0 Å². The van der Waals surface area contributed by atoms with E-state index in [0.717, 1.165) is 43.9 Å². The summed E-state index contributed by atoms with van der Waals surface area (Å²) in [6.07, 6.45) is 2.29. The molecule has 120 valence electrons. The van der Waals surface area contributed by atoms with E-state index in [4.69, 9.17) is 14.2 Å². The van der Waals surface area contributed by atoms with Crippen molar-refractivity contribution in [1.29, 1.82) is 0 Å². The van der Waals surface area contributed by atoms with Crippen molar-refractivity contribution in [1.82, 2.24) is 5.32 Å². The first kappa shape index (κ1) is 18.0. The third-order valence-corrected chi connectivity index (χ3v) is 3.23. The van der Waals surface area contributed by atoms with Gasteiger partial charge < -0.3 is 19.5 Å². The molecule has 1 aromatic carbocycles. The van der Waals surface area contributed by atoms with E-state index in [9.17, 15) is 0 Å². The van der Waals surface area contributed by atoms with Crippen LogP contribution < -0.4 is 10.1 Å². The van der Waals surface area contributed by atoms with Crippen LogP contribution in [0.1, 0.15) is 38.4 Å². The van der Waals surface area contributed by atoms with E-state index in [-0.39, 0.29) is 6.10 Å². The average molecular weight is 295 g/mol. The Morgan fingerprint density at radius 1 is 1.14 bits per heavy atom. The van der Waals surface area contributed by atoms with Crippen LogP contribution in [0.15, 0.2) is 24.3 Å². The molecule has 0 saturated heterocycles. The van der Waals surface area contributed by atoms with Gasteiger partial charge in [0.15, 0.2) is 0 Å². The fourth-order valence-corrected chi connectivity index (χ4v) is 1.99. The van der Waals surface area contributed by atoms with Gasteiger partial charge in [-0.15, -0.1) is 0 Å². The van der Waals surface area contributed by atoms with Crippen LogP contribution in [0.25, 0.3) is 0 Å². The minimum Gasteiger partial charge on any atom is -0.497 e. The minimum atomic E-state index is 0.0230. The molecule has 21 heavy (non-hydrogen) atoms. The Morgan fingerprint density at radius 3 is 2.71 bits per heavy atom. The van der Waals surface area contributed by atoms with Crippen molar-refractivity contribution in [3.8, 4) is 5.75 Å². The van der Waals surface area contributed by atoms with Gasteiger partial charge >= 0.3 is 0 Å².